The van der Waals surface area contributed by atoms with Gasteiger partial charge >= 0.3 is 5.97 Å². The second kappa shape index (κ2) is 5.57. The van der Waals surface area contributed by atoms with Crippen molar-refractivity contribution in [3.05, 3.63) is 52.1 Å². The van der Waals surface area contributed by atoms with Gasteiger partial charge in [0.25, 0.3) is 5.69 Å². The number of aryl methyl sites for hydroxylation is 1. The first-order chi connectivity index (χ1) is 9.88. The van der Waals surface area contributed by atoms with Crippen LogP contribution < -0.4 is 5.32 Å². The highest BCUT2D eigenvalue weighted by atomic mass is 19.1. The van der Waals surface area contributed by atoms with E-state index in [0.717, 1.165) is 18.2 Å². The monoisotopic (exact) mass is 294 g/mol. The molecule has 1 unspecified atom stereocenters. The van der Waals surface area contributed by atoms with Crippen molar-refractivity contribution in [3.8, 4) is 0 Å². The van der Waals surface area contributed by atoms with Gasteiger partial charge in [-0.2, -0.15) is 5.10 Å². The van der Waals surface area contributed by atoms with E-state index in [4.69, 9.17) is 0 Å². The predicted octanol–water partition coefficient (Wildman–Crippen LogP) is 1.71. The third-order valence-electron chi connectivity index (χ3n) is 2.76. The molecule has 110 valence electrons. The van der Waals surface area contributed by atoms with Crippen LogP contribution in [-0.2, 0) is 11.8 Å². The number of carboxylic acids is 1. The van der Waals surface area contributed by atoms with Gasteiger partial charge in [-0.3, -0.25) is 14.8 Å². The maximum absolute atomic E-state index is 13.2. The molecule has 0 spiro atoms. The van der Waals surface area contributed by atoms with Crippen molar-refractivity contribution < 1.29 is 19.2 Å². The lowest BCUT2D eigenvalue weighted by Crippen LogP contribution is -2.20. The largest absolute Gasteiger partial charge is 0.479 e. The zero-order valence-corrected chi connectivity index (χ0v) is 10.9. The number of halogens is 1. The first-order valence-electron chi connectivity index (χ1n) is 5.80. The summed E-state index contributed by atoms with van der Waals surface area (Å²) in [4.78, 5) is 21.5. The lowest BCUT2D eigenvalue weighted by molar-refractivity contribution is -0.384. The zero-order valence-electron chi connectivity index (χ0n) is 10.9. The Labute approximate surface area is 118 Å². The molecule has 0 fully saturated rings. The maximum atomic E-state index is 13.2. The van der Waals surface area contributed by atoms with Crippen LogP contribution in [0, 0.1) is 15.9 Å². The van der Waals surface area contributed by atoms with Crippen LogP contribution in [0.15, 0.2) is 30.6 Å². The molecular weight excluding hydrogens is 283 g/mol. The van der Waals surface area contributed by atoms with Gasteiger partial charge in [-0.15, -0.1) is 0 Å². The van der Waals surface area contributed by atoms with Gasteiger partial charge in [0.05, 0.1) is 11.1 Å². The van der Waals surface area contributed by atoms with Gasteiger partial charge in [-0.1, -0.05) is 0 Å². The average molecular weight is 294 g/mol. The number of nitro groups is 1. The summed E-state index contributed by atoms with van der Waals surface area (Å²) >= 11 is 0. The van der Waals surface area contributed by atoms with Crippen molar-refractivity contribution in [3.63, 3.8) is 0 Å². The van der Waals surface area contributed by atoms with Crippen molar-refractivity contribution in [1.29, 1.82) is 0 Å². The van der Waals surface area contributed by atoms with Crippen LogP contribution in [0.5, 0.6) is 0 Å². The molecule has 1 aromatic heterocycles. The molecule has 1 atom stereocenters. The van der Waals surface area contributed by atoms with Crippen LogP contribution in [-0.4, -0.2) is 25.8 Å². The second-order valence-electron chi connectivity index (χ2n) is 4.28. The van der Waals surface area contributed by atoms with Gasteiger partial charge < -0.3 is 10.4 Å². The number of aromatic nitrogens is 2. The van der Waals surface area contributed by atoms with Crippen LogP contribution in [0.1, 0.15) is 11.6 Å². The lowest BCUT2D eigenvalue weighted by atomic mass is 10.1. The summed E-state index contributed by atoms with van der Waals surface area (Å²) in [6, 6.07) is 1.51. The van der Waals surface area contributed by atoms with Gasteiger partial charge in [0.1, 0.15) is 11.5 Å². The molecule has 1 aromatic carbocycles. The standard InChI is InChI=1S/C12H11FN4O4/c1-16-6-7(5-14-16)11(12(18)19)15-9-4-8(13)2-3-10(9)17(20)21/h2-6,11,15H,1H3,(H,18,19). The Morgan fingerprint density at radius 3 is 2.81 bits per heavy atom. The molecule has 21 heavy (non-hydrogen) atoms. The highest BCUT2D eigenvalue weighted by molar-refractivity contribution is 5.80. The molecule has 0 bridgehead atoms. The first-order valence-corrected chi connectivity index (χ1v) is 5.80. The molecule has 0 saturated carbocycles. The van der Waals surface area contributed by atoms with E-state index in [2.05, 4.69) is 10.4 Å². The van der Waals surface area contributed by atoms with Crippen molar-refractivity contribution in [1.82, 2.24) is 9.78 Å². The Morgan fingerprint density at radius 2 is 2.29 bits per heavy atom. The van der Waals surface area contributed by atoms with E-state index in [1.54, 1.807) is 7.05 Å². The summed E-state index contributed by atoms with van der Waals surface area (Å²) in [6.45, 7) is 0. The highest BCUT2D eigenvalue weighted by Gasteiger charge is 2.25. The highest BCUT2D eigenvalue weighted by Crippen LogP contribution is 2.29. The molecule has 8 nitrogen and oxygen atoms in total. The minimum Gasteiger partial charge on any atom is -0.479 e. The molecule has 0 amide bonds. The molecule has 2 aromatic rings. The molecule has 0 aliphatic carbocycles. The van der Waals surface area contributed by atoms with E-state index in [1.165, 1.54) is 17.1 Å². The van der Waals surface area contributed by atoms with Crippen LogP contribution in [0.25, 0.3) is 0 Å². The number of aliphatic carboxylic acids is 1. The van der Waals surface area contributed by atoms with Gasteiger partial charge in [0, 0.05) is 30.9 Å². The Balaban J connectivity index is 2.40. The third-order valence-corrected chi connectivity index (χ3v) is 2.76. The second-order valence-corrected chi connectivity index (χ2v) is 4.28. The van der Waals surface area contributed by atoms with Crippen molar-refractivity contribution in [2.45, 2.75) is 6.04 Å². The van der Waals surface area contributed by atoms with Gasteiger partial charge in [-0.05, 0) is 6.07 Å². The van der Waals surface area contributed by atoms with Crippen LogP contribution >= 0.6 is 0 Å². The average Bonchev–Trinajstić information content (AvgIpc) is 2.81. The van der Waals surface area contributed by atoms with E-state index >= 15 is 0 Å². The van der Waals surface area contributed by atoms with E-state index in [9.17, 15) is 24.4 Å². The minimum absolute atomic E-state index is 0.212. The van der Waals surface area contributed by atoms with Crippen LogP contribution in [0.3, 0.4) is 0 Å². The van der Waals surface area contributed by atoms with Crippen molar-refractivity contribution in [2.24, 2.45) is 7.05 Å². The van der Waals surface area contributed by atoms with Crippen LogP contribution in [0.4, 0.5) is 15.8 Å². The summed E-state index contributed by atoms with van der Waals surface area (Å²) in [6.07, 6.45) is 2.77. The molecule has 9 heteroatoms. The van der Waals surface area contributed by atoms with E-state index in [-0.39, 0.29) is 5.69 Å². The smallest absolute Gasteiger partial charge is 0.330 e. The number of hydrogen-bond donors (Lipinski definition) is 2. The number of rotatable bonds is 5. The van der Waals surface area contributed by atoms with Crippen LogP contribution in [0.2, 0.25) is 0 Å². The van der Waals surface area contributed by atoms with E-state index < -0.39 is 28.4 Å². The number of nitrogens with one attached hydrogen (secondary N) is 1. The van der Waals surface area contributed by atoms with E-state index in [0.29, 0.717) is 5.56 Å². The number of nitrogens with zero attached hydrogens (tertiary/aromatic N) is 3. The molecular formula is C12H11FN4O4. The number of benzene rings is 1. The SMILES string of the molecule is Cn1cc(C(Nc2cc(F)ccc2[N+](=O)[O-])C(=O)O)cn1. The van der Waals surface area contributed by atoms with E-state index in [1.807, 2.05) is 0 Å². The number of carbonyl (C=O) groups is 1. The quantitative estimate of drug-likeness (QED) is 0.641. The summed E-state index contributed by atoms with van der Waals surface area (Å²) in [5.41, 5.74) is -0.327. The number of anilines is 1. The number of hydrogen-bond acceptors (Lipinski definition) is 5. The number of carboxylic acid groups (broad SMARTS) is 1. The van der Waals surface area contributed by atoms with Gasteiger partial charge in [0.15, 0.2) is 6.04 Å². The summed E-state index contributed by atoms with van der Waals surface area (Å²) in [5, 5.41) is 26.4. The van der Waals surface area contributed by atoms with Crippen molar-refractivity contribution >= 4 is 17.3 Å². The number of nitro benzene ring substituents is 1. The molecule has 1 heterocycles. The minimum atomic E-state index is -1.28. The Hall–Kier alpha value is -2.97. The topological polar surface area (TPSA) is 110 Å². The summed E-state index contributed by atoms with van der Waals surface area (Å²) in [7, 11) is 1.60. The fraction of sp³-hybridized carbons (Fsp3) is 0.167. The molecule has 2 rings (SSSR count). The zero-order chi connectivity index (χ0) is 15.6. The lowest BCUT2D eigenvalue weighted by Gasteiger charge is -2.14. The normalized spacial score (nSPS) is 11.9. The molecule has 0 aliphatic rings. The Morgan fingerprint density at radius 1 is 1.57 bits per heavy atom. The fourth-order valence-electron chi connectivity index (χ4n) is 1.82. The Bertz CT molecular complexity index is 700. The molecule has 0 radical (unpaired) electrons. The van der Waals surface area contributed by atoms with Gasteiger partial charge in [-0.25, -0.2) is 9.18 Å². The maximum Gasteiger partial charge on any atom is 0.330 e. The summed E-state index contributed by atoms with van der Waals surface area (Å²) in [5.74, 6) is -1.97. The third kappa shape index (κ3) is 3.14. The predicted molar refractivity (Wildman–Crippen MR) is 70.3 cm³/mol. The first kappa shape index (κ1) is 14.4. The molecule has 0 aliphatic heterocycles. The van der Waals surface area contributed by atoms with Gasteiger partial charge in [0.2, 0.25) is 0 Å². The molecule has 0 saturated heterocycles. The fourth-order valence-corrected chi connectivity index (χ4v) is 1.82. The summed E-state index contributed by atoms with van der Waals surface area (Å²) < 4.78 is 14.6. The van der Waals surface area contributed by atoms with Crippen molar-refractivity contribution in [2.75, 3.05) is 5.32 Å². The molecule has 2 N–H and O–H groups in total. The Kier molecular flexibility index (Phi) is 3.83.